The summed E-state index contributed by atoms with van der Waals surface area (Å²) in [5.74, 6) is -1.10. The normalized spacial score (nSPS) is 13.0. The van der Waals surface area contributed by atoms with E-state index < -0.39 is 27.7 Å². The quantitative estimate of drug-likeness (QED) is 0.815. The molecule has 0 aliphatic carbocycles. The second-order valence-electron chi connectivity index (χ2n) is 3.51. The highest BCUT2D eigenvalue weighted by Crippen LogP contribution is 2.21. The monoisotopic (exact) mass is 274 g/mol. The molecular formula is C11H14O6S. The van der Waals surface area contributed by atoms with Gasteiger partial charge in [0.05, 0.1) is 18.6 Å². The molecule has 0 bridgehead atoms. The summed E-state index contributed by atoms with van der Waals surface area (Å²) in [6.45, 7) is -0.408. The van der Waals surface area contributed by atoms with Crippen LogP contribution in [0.25, 0.3) is 0 Å². The molecule has 0 aliphatic rings. The average molecular weight is 274 g/mol. The molecule has 100 valence electrons. The predicted molar refractivity (Wildman–Crippen MR) is 63.5 cm³/mol. The van der Waals surface area contributed by atoms with E-state index >= 15 is 0 Å². The van der Waals surface area contributed by atoms with Crippen LogP contribution in [-0.4, -0.2) is 45.6 Å². The number of ether oxygens (including phenoxy) is 2. The molecule has 0 aliphatic heterocycles. The molecule has 0 saturated heterocycles. The lowest BCUT2D eigenvalue weighted by Gasteiger charge is -2.13. The van der Waals surface area contributed by atoms with Gasteiger partial charge in [-0.3, -0.25) is 4.79 Å². The lowest BCUT2D eigenvalue weighted by atomic mass is 10.3. The van der Waals surface area contributed by atoms with Gasteiger partial charge in [0.2, 0.25) is 0 Å². The van der Waals surface area contributed by atoms with E-state index in [-0.39, 0.29) is 4.90 Å². The number of carbonyl (C=O) groups is 1. The number of carboxylic acid groups (broad SMARTS) is 1. The van der Waals surface area contributed by atoms with E-state index in [4.69, 9.17) is 9.84 Å². The zero-order chi connectivity index (χ0) is 13.8. The van der Waals surface area contributed by atoms with Crippen LogP contribution < -0.4 is 4.74 Å². The van der Waals surface area contributed by atoms with Gasteiger partial charge in [0.15, 0.2) is 15.1 Å². The molecular weight excluding hydrogens is 260 g/mol. The molecule has 0 heterocycles. The van der Waals surface area contributed by atoms with Crippen LogP contribution in [0.3, 0.4) is 0 Å². The zero-order valence-electron chi connectivity index (χ0n) is 9.99. The Morgan fingerprint density at radius 2 is 2.06 bits per heavy atom. The van der Waals surface area contributed by atoms with E-state index in [0.29, 0.717) is 5.75 Å². The van der Waals surface area contributed by atoms with Crippen LogP contribution in [0.2, 0.25) is 0 Å². The van der Waals surface area contributed by atoms with Gasteiger partial charge in [-0.05, 0) is 18.2 Å². The van der Waals surface area contributed by atoms with Crippen LogP contribution in [0.1, 0.15) is 0 Å². The SMILES string of the molecule is COCC(C(=O)O)S(=O)(=O)c1cccc(OC)c1. The van der Waals surface area contributed by atoms with Crippen LogP contribution in [0.4, 0.5) is 0 Å². The first kappa shape index (κ1) is 14.5. The minimum absolute atomic E-state index is 0.105. The van der Waals surface area contributed by atoms with Crippen LogP contribution in [0.5, 0.6) is 5.75 Å². The van der Waals surface area contributed by atoms with Gasteiger partial charge in [0.1, 0.15) is 5.75 Å². The molecule has 1 rings (SSSR count). The van der Waals surface area contributed by atoms with Gasteiger partial charge >= 0.3 is 5.97 Å². The summed E-state index contributed by atoms with van der Waals surface area (Å²) in [6.07, 6.45) is 0. The maximum absolute atomic E-state index is 12.1. The summed E-state index contributed by atoms with van der Waals surface area (Å²) in [7, 11) is -1.35. The number of carboxylic acids is 1. The van der Waals surface area contributed by atoms with Crippen molar-refractivity contribution in [1.82, 2.24) is 0 Å². The van der Waals surface area contributed by atoms with Crippen molar-refractivity contribution in [2.24, 2.45) is 0 Å². The van der Waals surface area contributed by atoms with Crippen molar-refractivity contribution in [3.63, 3.8) is 0 Å². The Hall–Kier alpha value is -1.60. The number of hydrogen-bond donors (Lipinski definition) is 1. The van der Waals surface area contributed by atoms with Gasteiger partial charge in [0.25, 0.3) is 0 Å². The molecule has 0 aromatic heterocycles. The Bertz CT molecular complexity index is 522. The van der Waals surface area contributed by atoms with Gasteiger partial charge in [-0.1, -0.05) is 6.07 Å². The first-order valence-electron chi connectivity index (χ1n) is 5.03. The molecule has 0 saturated carbocycles. The molecule has 1 aromatic rings. The van der Waals surface area contributed by atoms with E-state index in [9.17, 15) is 13.2 Å². The Labute approximate surface area is 105 Å². The summed E-state index contributed by atoms with van der Waals surface area (Å²) in [4.78, 5) is 10.9. The fraction of sp³-hybridized carbons (Fsp3) is 0.364. The van der Waals surface area contributed by atoms with Crippen molar-refractivity contribution in [2.75, 3.05) is 20.8 Å². The van der Waals surface area contributed by atoms with Crippen molar-refractivity contribution in [3.05, 3.63) is 24.3 Å². The first-order valence-corrected chi connectivity index (χ1v) is 6.57. The Morgan fingerprint density at radius 3 is 2.56 bits per heavy atom. The third-order valence-electron chi connectivity index (χ3n) is 2.34. The minimum Gasteiger partial charge on any atom is -0.497 e. The van der Waals surface area contributed by atoms with Crippen LogP contribution in [0.15, 0.2) is 29.2 Å². The summed E-state index contributed by atoms with van der Waals surface area (Å²) in [5.41, 5.74) is 0. The second-order valence-corrected chi connectivity index (χ2v) is 5.64. The summed E-state index contributed by atoms with van der Waals surface area (Å²) >= 11 is 0. The first-order chi connectivity index (χ1) is 8.43. The number of benzene rings is 1. The van der Waals surface area contributed by atoms with E-state index in [0.717, 1.165) is 0 Å². The third-order valence-corrected chi connectivity index (χ3v) is 4.34. The second kappa shape index (κ2) is 5.83. The summed E-state index contributed by atoms with van der Waals surface area (Å²) in [6, 6.07) is 5.66. The zero-order valence-corrected chi connectivity index (χ0v) is 10.8. The van der Waals surface area contributed by atoms with Gasteiger partial charge in [-0.2, -0.15) is 0 Å². The lowest BCUT2D eigenvalue weighted by molar-refractivity contribution is -0.137. The lowest BCUT2D eigenvalue weighted by Crippen LogP contribution is -2.34. The van der Waals surface area contributed by atoms with E-state index in [1.165, 1.54) is 32.4 Å². The molecule has 0 spiro atoms. The molecule has 6 nitrogen and oxygen atoms in total. The van der Waals surface area contributed by atoms with Crippen LogP contribution in [-0.2, 0) is 19.4 Å². The molecule has 0 amide bonds. The van der Waals surface area contributed by atoms with Gasteiger partial charge in [-0.25, -0.2) is 8.42 Å². The molecule has 1 unspecified atom stereocenters. The number of aliphatic carboxylic acids is 1. The van der Waals surface area contributed by atoms with Gasteiger partial charge in [-0.15, -0.1) is 0 Å². The molecule has 1 atom stereocenters. The average Bonchev–Trinajstić information content (AvgIpc) is 2.35. The van der Waals surface area contributed by atoms with Crippen LogP contribution in [0, 0.1) is 0 Å². The molecule has 7 heteroatoms. The van der Waals surface area contributed by atoms with Crippen molar-refractivity contribution < 1.29 is 27.8 Å². The predicted octanol–water partition coefficient (Wildman–Crippen LogP) is 0.568. The Morgan fingerprint density at radius 1 is 1.39 bits per heavy atom. The largest absolute Gasteiger partial charge is 0.497 e. The molecule has 0 fully saturated rings. The van der Waals surface area contributed by atoms with E-state index in [1.54, 1.807) is 6.07 Å². The maximum Gasteiger partial charge on any atom is 0.324 e. The van der Waals surface area contributed by atoms with Crippen molar-refractivity contribution >= 4 is 15.8 Å². The fourth-order valence-corrected chi connectivity index (χ4v) is 2.85. The standard InChI is InChI=1S/C11H14O6S/c1-16-7-10(11(12)13)18(14,15)9-5-3-4-8(6-9)17-2/h3-6,10H,7H2,1-2H3,(H,12,13). The van der Waals surface area contributed by atoms with Crippen molar-refractivity contribution in [2.45, 2.75) is 10.1 Å². The van der Waals surface area contributed by atoms with Crippen molar-refractivity contribution in [3.8, 4) is 5.75 Å². The molecule has 1 N–H and O–H groups in total. The summed E-state index contributed by atoms with van der Waals surface area (Å²) < 4.78 is 33.8. The number of hydrogen-bond acceptors (Lipinski definition) is 5. The van der Waals surface area contributed by atoms with Gasteiger partial charge in [0, 0.05) is 7.11 Å². The van der Waals surface area contributed by atoms with Crippen molar-refractivity contribution in [1.29, 1.82) is 0 Å². The van der Waals surface area contributed by atoms with Crippen LogP contribution >= 0.6 is 0 Å². The smallest absolute Gasteiger partial charge is 0.324 e. The number of methoxy groups -OCH3 is 2. The van der Waals surface area contributed by atoms with Gasteiger partial charge < -0.3 is 14.6 Å². The Balaban J connectivity index is 3.21. The highest BCUT2D eigenvalue weighted by Gasteiger charge is 2.34. The highest BCUT2D eigenvalue weighted by molar-refractivity contribution is 7.92. The number of sulfone groups is 1. The summed E-state index contributed by atoms with van der Waals surface area (Å²) in [5, 5.41) is 7.31. The topological polar surface area (TPSA) is 89.9 Å². The highest BCUT2D eigenvalue weighted by atomic mass is 32.2. The fourth-order valence-electron chi connectivity index (χ4n) is 1.39. The third kappa shape index (κ3) is 2.99. The van der Waals surface area contributed by atoms with E-state index in [1.807, 2.05) is 0 Å². The minimum atomic E-state index is -4.00. The molecule has 1 aromatic carbocycles. The Kier molecular flexibility index (Phi) is 4.69. The molecule has 18 heavy (non-hydrogen) atoms. The van der Waals surface area contributed by atoms with E-state index in [2.05, 4.69) is 4.74 Å². The molecule has 0 radical (unpaired) electrons. The number of rotatable bonds is 6. The maximum atomic E-state index is 12.1.